The van der Waals surface area contributed by atoms with Crippen LogP contribution in [0.2, 0.25) is 5.02 Å². The number of fused-ring (bicyclic) bond motifs is 1. The van der Waals surface area contributed by atoms with Gasteiger partial charge in [0.1, 0.15) is 0 Å². The summed E-state index contributed by atoms with van der Waals surface area (Å²) in [5, 5.41) is 7.77. The molecular weight excluding hydrogens is 166 g/mol. The molecule has 0 aliphatic heterocycles. The van der Waals surface area contributed by atoms with E-state index in [4.69, 9.17) is 17.4 Å². The Kier molecular flexibility index (Phi) is 1.19. The topological polar surface area (TPSA) is 69.6 Å². The number of halogens is 1. The third-order valence-electron chi connectivity index (χ3n) is 1.31. The van der Waals surface area contributed by atoms with Crippen LogP contribution in [0.15, 0.2) is 12.3 Å². The Bertz CT molecular complexity index is 395. The molecule has 2 aromatic heterocycles. The smallest absolute Gasteiger partial charge is 0.202 e. The number of rotatable bonds is 0. The second-order valence-electron chi connectivity index (χ2n) is 2.00. The zero-order valence-electron chi connectivity index (χ0n) is 5.40. The Morgan fingerprint density at radius 3 is 3.09 bits per heavy atom. The van der Waals surface area contributed by atoms with Crippen molar-refractivity contribution in [2.45, 2.75) is 0 Å². The lowest BCUT2D eigenvalue weighted by molar-refractivity contribution is 0.780. The molecule has 2 heterocycles. The lowest BCUT2D eigenvalue weighted by Crippen LogP contribution is -2.10. The predicted molar refractivity (Wildman–Crippen MR) is 40.5 cm³/mol. The molecule has 0 fully saturated rings. The number of hydrogen-bond acceptors (Lipinski definition) is 4. The molecule has 0 aliphatic carbocycles. The monoisotopic (exact) mass is 169 g/mol. The van der Waals surface area contributed by atoms with E-state index in [-0.39, 0.29) is 0 Å². The highest BCUT2D eigenvalue weighted by atomic mass is 35.5. The van der Waals surface area contributed by atoms with Crippen LogP contribution in [0.3, 0.4) is 0 Å². The number of aromatic nitrogens is 4. The summed E-state index contributed by atoms with van der Waals surface area (Å²) in [6.07, 6.45) is 1.55. The van der Waals surface area contributed by atoms with Crippen LogP contribution >= 0.6 is 11.6 Å². The molecule has 2 N–H and O–H groups in total. The summed E-state index contributed by atoms with van der Waals surface area (Å²) in [6, 6.07) is 1.64. The fourth-order valence-corrected chi connectivity index (χ4v) is 0.994. The summed E-state index contributed by atoms with van der Waals surface area (Å²) < 4.78 is 0. The molecule has 11 heavy (non-hydrogen) atoms. The fourth-order valence-electron chi connectivity index (χ4n) is 0.816. The summed E-state index contributed by atoms with van der Waals surface area (Å²) >= 11 is 5.76. The van der Waals surface area contributed by atoms with E-state index in [2.05, 4.69) is 15.3 Å². The molecule has 0 amide bonds. The Morgan fingerprint density at radius 1 is 1.55 bits per heavy atom. The first-order chi connectivity index (χ1) is 5.29. The van der Waals surface area contributed by atoms with Gasteiger partial charge in [-0.3, -0.25) is 0 Å². The standard InChI is InChI=1S/C5H4ClN5/c6-3-1-2-8-5-4(3)9-10-11(5)7/h1-2H,7H2. The van der Waals surface area contributed by atoms with Crippen LogP contribution in [-0.4, -0.2) is 20.1 Å². The van der Waals surface area contributed by atoms with Crippen molar-refractivity contribution in [3.8, 4) is 0 Å². The summed E-state index contributed by atoms with van der Waals surface area (Å²) in [7, 11) is 0. The molecule has 0 atom stereocenters. The molecule has 0 aliphatic rings. The fraction of sp³-hybridized carbons (Fsp3) is 0. The molecule has 6 heteroatoms. The minimum atomic E-state index is 0.484. The molecule has 0 radical (unpaired) electrons. The molecule has 0 saturated carbocycles. The van der Waals surface area contributed by atoms with E-state index in [1.807, 2.05) is 0 Å². The highest BCUT2D eigenvalue weighted by molar-refractivity contribution is 6.34. The zero-order valence-corrected chi connectivity index (χ0v) is 6.15. The van der Waals surface area contributed by atoms with Gasteiger partial charge in [-0.1, -0.05) is 11.6 Å². The highest BCUT2D eigenvalue weighted by Gasteiger charge is 2.05. The van der Waals surface area contributed by atoms with Crippen molar-refractivity contribution in [3.05, 3.63) is 17.3 Å². The lowest BCUT2D eigenvalue weighted by Gasteiger charge is -1.89. The SMILES string of the molecule is Nn1nnc2c(Cl)ccnc21. The quantitative estimate of drug-likeness (QED) is 0.572. The van der Waals surface area contributed by atoms with E-state index in [9.17, 15) is 0 Å². The molecular formula is C5H4ClN5. The zero-order chi connectivity index (χ0) is 7.84. The third kappa shape index (κ3) is 0.813. The van der Waals surface area contributed by atoms with Crippen molar-refractivity contribution in [1.82, 2.24) is 20.1 Å². The van der Waals surface area contributed by atoms with Crippen LogP contribution < -0.4 is 5.84 Å². The van der Waals surface area contributed by atoms with Crippen LogP contribution in [0.4, 0.5) is 0 Å². The molecule has 0 bridgehead atoms. The minimum Gasteiger partial charge on any atom is -0.320 e. The first kappa shape index (κ1) is 6.36. The van der Waals surface area contributed by atoms with E-state index in [1.165, 1.54) is 0 Å². The van der Waals surface area contributed by atoms with Crippen molar-refractivity contribution in [2.75, 3.05) is 5.84 Å². The molecule has 56 valence electrons. The summed E-state index contributed by atoms with van der Waals surface area (Å²) in [5.41, 5.74) is 1.01. The average Bonchev–Trinajstić information content (AvgIpc) is 2.35. The molecule has 2 aromatic rings. The molecule has 0 unspecified atom stereocenters. The number of nitrogen functional groups attached to an aromatic ring is 1. The van der Waals surface area contributed by atoms with Crippen molar-refractivity contribution >= 4 is 22.8 Å². The van der Waals surface area contributed by atoms with Gasteiger partial charge in [-0.05, 0) is 11.3 Å². The normalized spacial score (nSPS) is 10.6. The maximum atomic E-state index is 5.76. The molecule has 2 rings (SSSR count). The number of nitrogens with two attached hydrogens (primary N) is 1. The van der Waals surface area contributed by atoms with Crippen LogP contribution in [0.5, 0.6) is 0 Å². The van der Waals surface area contributed by atoms with Crippen LogP contribution in [0.1, 0.15) is 0 Å². The second kappa shape index (κ2) is 2.06. The van der Waals surface area contributed by atoms with Gasteiger partial charge in [-0.2, -0.15) is 0 Å². The van der Waals surface area contributed by atoms with Gasteiger partial charge in [0.15, 0.2) is 5.52 Å². The van der Waals surface area contributed by atoms with E-state index in [0.717, 1.165) is 4.79 Å². The van der Waals surface area contributed by atoms with Crippen LogP contribution in [-0.2, 0) is 0 Å². The molecule has 5 nitrogen and oxygen atoms in total. The van der Waals surface area contributed by atoms with E-state index >= 15 is 0 Å². The van der Waals surface area contributed by atoms with Crippen molar-refractivity contribution in [1.29, 1.82) is 0 Å². The maximum absolute atomic E-state index is 5.76. The van der Waals surface area contributed by atoms with Gasteiger partial charge in [0.25, 0.3) is 0 Å². The molecule has 0 aromatic carbocycles. The second-order valence-corrected chi connectivity index (χ2v) is 2.41. The van der Waals surface area contributed by atoms with Gasteiger partial charge in [0, 0.05) is 6.20 Å². The van der Waals surface area contributed by atoms with Crippen molar-refractivity contribution < 1.29 is 0 Å². The van der Waals surface area contributed by atoms with Gasteiger partial charge in [-0.15, -0.1) is 9.89 Å². The van der Waals surface area contributed by atoms with Crippen LogP contribution in [0.25, 0.3) is 11.2 Å². The largest absolute Gasteiger partial charge is 0.320 e. The number of pyridine rings is 1. The van der Waals surface area contributed by atoms with E-state index in [0.29, 0.717) is 16.2 Å². The predicted octanol–water partition coefficient (Wildman–Crippen LogP) is 0.193. The third-order valence-corrected chi connectivity index (χ3v) is 1.62. The maximum Gasteiger partial charge on any atom is 0.202 e. The lowest BCUT2D eigenvalue weighted by atomic mass is 10.4. The van der Waals surface area contributed by atoms with E-state index < -0.39 is 0 Å². The Hall–Kier alpha value is -1.36. The molecule has 0 spiro atoms. The minimum absolute atomic E-state index is 0.484. The van der Waals surface area contributed by atoms with E-state index in [1.54, 1.807) is 12.3 Å². The van der Waals surface area contributed by atoms with Crippen molar-refractivity contribution in [3.63, 3.8) is 0 Å². The van der Waals surface area contributed by atoms with Gasteiger partial charge < -0.3 is 5.84 Å². The number of nitrogens with zero attached hydrogens (tertiary/aromatic N) is 4. The number of hydrogen-bond donors (Lipinski definition) is 1. The Labute approximate surface area is 66.7 Å². The first-order valence-corrected chi connectivity index (χ1v) is 3.28. The van der Waals surface area contributed by atoms with Gasteiger partial charge >= 0.3 is 0 Å². The average molecular weight is 170 g/mol. The highest BCUT2D eigenvalue weighted by Crippen LogP contribution is 2.16. The summed E-state index contributed by atoms with van der Waals surface area (Å²) in [4.78, 5) is 5.01. The Balaban J connectivity index is 2.94. The first-order valence-electron chi connectivity index (χ1n) is 2.90. The Morgan fingerprint density at radius 2 is 2.36 bits per heavy atom. The van der Waals surface area contributed by atoms with Crippen molar-refractivity contribution in [2.24, 2.45) is 0 Å². The van der Waals surface area contributed by atoms with Gasteiger partial charge in [0.05, 0.1) is 5.02 Å². The summed E-state index contributed by atoms with van der Waals surface area (Å²) in [6.45, 7) is 0. The van der Waals surface area contributed by atoms with Crippen LogP contribution in [0, 0.1) is 0 Å². The van der Waals surface area contributed by atoms with Gasteiger partial charge in [-0.25, -0.2) is 4.98 Å². The molecule has 0 saturated heterocycles. The van der Waals surface area contributed by atoms with Gasteiger partial charge in [0.2, 0.25) is 5.65 Å². The summed E-state index contributed by atoms with van der Waals surface area (Å²) in [5.74, 6) is 5.37.